The third kappa shape index (κ3) is 7.69. The summed E-state index contributed by atoms with van der Waals surface area (Å²) < 4.78 is 54.9. The molecule has 0 radical (unpaired) electrons. The van der Waals surface area contributed by atoms with E-state index in [0.29, 0.717) is 25.7 Å². The zero-order chi connectivity index (χ0) is 21.1. The van der Waals surface area contributed by atoms with Gasteiger partial charge in [-0.15, -0.1) is 0 Å². The van der Waals surface area contributed by atoms with Gasteiger partial charge in [0.2, 0.25) is 5.88 Å². The fourth-order valence-electron chi connectivity index (χ4n) is 3.05. The quantitative estimate of drug-likeness (QED) is 0.378. The van der Waals surface area contributed by atoms with E-state index in [-0.39, 0.29) is 12.7 Å². The summed E-state index contributed by atoms with van der Waals surface area (Å²) >= 11 is 0. The number of piperidine rings is 1. The smallest absolute Gasteiger partial charge is 0.421 e. The Labute approximate surface area is 169 Å². The lowest BCUT2D eigenvalue weighted by atomic mass is 10.1. The summed E-state index contributed by atoms with van der Waals surface area (Å²) in [4.78, 5) is 10.0. The van der Waals surface area contributed by atoms with Crippen molar-refractivity contribution in [2.24, 2.45) is 4.99 Å². The van der Waals surface area contributed by atoms with Gasteiger partial charge < -0.3 is 24.4 Å². The Kier molecular flexibility index (Phi) is 9.46. The molecular formula is C19H29F3N4O3. The molecule has 0 unspecified atom stereocenters. The van der Waals surface area contributed by atoms with Crippen molar-refractivity contribution < 1.29 is 27.4 Å². The number of pyridine rings is 1. The summed E-state index contributed by atoms with van der Waals surface area (Å²) in [7, 11) is 3.35. The van der Waals surface area contributed by atoms with Crippen LogP contribution in [0.5, 0.6) is 5.88 Å². The van der Waals surface area contributed by atoms with E-state index in [2.05, 4.69) is 20.2 Å². The lowest BCUT2D eigenvalue weighted by Crippen LogP contribution is -2.47. The molecule has 1 aromatic rings. The normalized spacial score (nSPS) is 16.2. The lowest BCUT2D eigenvalue weighted by Gasteiger charge is -2.34. The molecule has 0 spiro atoms. The molecule has 7 nitrogen and oxygen atoms in total. The van der Waals surface area contributed by atoms with Gasteiger partial charge in [0.15, 0.2) is 5.96 Å². The minimum Gasteiger partial charge on any atom is -0.475 e. The van der Waals surface area contributed by atoms with Crippen LogP contribution in [-0.4, -0.2) is 75.6 Å². The topological polar surface area (TPSA) is 68.2 Å². The molecule has 164 valence electrons. The molecule has 1 saturated heterocycles. The molecule has 1 aliphatic heterocycles. The fraction of sp³-hybridized carbons (Fsp3) is 0.684. The maximum atomic E-state index is 13.0. The summed E-state index contributed by atoms with van der Waals surface area (Å²) in [6, 6.07) is 2.19. The first-order valence-corrected chi connectivity index (χ1v) is 9.67. The highest BCUT2D eigenvalue weighted by Crippen LogP contribution is 2.34. The molecule has 0 saturated carbocycles. The Bertz CT molecular complexity index is 635. The molecule has 0 bridgehead atoms. The molecule has 0 amide bonds. The number of ether oxygens (including phenoxy) is 3. The Balaban J connectivity index is 1.71. The van der Waals surface area contributed by atoms with E-state index in [9.17, 15) is 13.2 Å². The van der Waals surface area contributed by atoms with Gasteiger partial charge in [-0.2, -0.15) is 13.2 Å². The minimum atomic E-state index is -4.50. The van der Waals surface area contributed by atoms with Gasteiger partial charge >= 0.3 is 6.18 Å². The van der Waals surface area contributed by atoms with Crippen LogP contribution in [0, 0.1) is 0 Å². The van der Waals surface area contributed by atoms with E-state index >= 15 is 0 Å². The number of nitrogens with one attached hydrogen (secondary N) is 1. The molecule has 1 aromatic heterocycles. The van der Waals surface area contributed by atoms with Gasteiger partial charge in [0, 0.05) is 46.7 Å². The van der Waals surface area contributed by atoms with Gasteiger partial charge in [0.25, 0.3) is 0 Å². The number of hydrogen-bond acceptors (Lipinski definition) is 5. The van der Waals surface area contributed by atoms with Crippen molar-refractivity contribution in [2.45, 2.75) is 31.5 Å². The van der Waals surface area contributed by atoms with Gasteiger partial charge in [-0.05, 0) is 31.4 Å². The van der Waals surface area contributed by atoms with E-state index in [4.69, 9.17) is 14.2 Å². The van der Waals surface area contributed by atoms with Crippen LogP contribution in [0.25, 0.3) is 0 Å². The van der Waals surface area contributed by atoms with Crippen molar-refractivity contribution in [1.82, 2.24) is 15.2 Å². The summed E-state index contributed by atoms with van der Waals surface area (Å²) in [5.41, 5.74) is -0.878. The summed E-state index contributed by atoms with van der Waals surface area (Å²) in [5.74, 6) is 0.284. The maximum Gasteiger partial charge on any atom is 0.421 e. The predicted octanol–water partition coefficient (Wildman–Crippen LogP) is 2.57. The van der Waals surface area contributed by atoms with Gasteiger partial charge in [-0.25, -0.2) is 4.98 Å². The average Bonchev–Trinajstić information content (AvgIpc) is 2.71. The van der Waals surface area contributed by atoms with Gasteiger partial charge in [0.05, 0.1) is 12.6 Å². The van der Waals surface area contributed by atoms with Crippen LogP contribution in [0.2, 0.25) is 0 Å². The lowest BCUT2D eigenvalue weighted by molar-refractivity contribution is -0.139. The average molecular weight is 418 g/mol. The number of aromatic nitrogens is 1. The highest BCUT2D eigenvalue weighted by molar-refractivity contribution is 5.79. The molecule has 1 N–H and O–H groups in total. The summed E-state index contributed by atoms with van der Waals surface area (Å²) in [6.45, 7) is 3.34. The van der Waals surface area contributed by atoms with Crippen molar-refractivity contribution in [2.75, 3.05) is 53.6 Å². The van der Waals surface area contributed by atoms with Crippen LogP contribution in [0.4, 0.5) is 13.2 Å². The molecule has 0 aromatic carbocycles. The number of guanidine groups is 1. The third-order valence-corrected chi connectivity index (χ3v) is 4.50. The first-order valence-electron chi connectivity index (χ1n) is 9.67. The Morgan fingerprint density at radius 1 is 1.28 bits per heavy atom. The molecule has 1 fully saturated rings. The van der Waals surface area contributed by atoms with Crippen LogP contribution < -0.4 is 10.1 Å². The minimum absolute atomic E-state index is 0.0399. The molecule has 0 aliphatic carbocycles. The monoisotopic (exact) mass is 418 g/mol. The molecule has 1 aliphatic rings. The van der Waals surface area contributed by atoms with Crippen molar-refractivity contribution in [3.63, 3.8) is 0 Å². The molecular weight excluding hydrogens is 389 g/mol. The molecule has 0 atom stereocenters. The third-order valence-electron chi connectivity index (χ3n) is 4.50. The SMILES string of the molecule is CN=C(NCCOc1ncccc1C(F)(F)F)N1CCC(OCCCOC)CC1. The number of methoxy groups -OCH3 is 1. The first-order chi connectivity index (χ1) is 14.0. The Morgan fingerprint density at radius 2 is 2.03 bits per heavy atom. The van der Waals surface area contributed by atoms with Crippen molar-refractivity contribution in [3.8, 4) is 5.88 Å². The summed E-state index contributed by atoms with van der Waals surface area (Å²) in [6.07, 6.45) is -0.317. The number of nitrogens with zero attached hydrogens (tertiary/aromatic N) is 3. The van der Waals surface area contributed by atoms with E-state index in [1.54, 1.807) is 14.2 Å². The van der Waals surface area contributed by atoms with Crippen LogP contribution in [0.3, 0.4) is 0 Å². The second kappa shape index (κ2) is 11.8. The molecule has 29 heavy (non-hydrogen) atoms. The van der Waals surface area contributed by atoms with Crippen LogP contribution in [-0.2, 0) is 15.7 Å². The number of halogens is 3. The number of likely N-dealkylation sites (tertiary alicyclic amines) is 1. The van der Waals surface area contributed by atoms with E-state index < -0.39 is 17.6 Å². The maximum absolute atomic E-state index is 13.0. The molecule has 2 heterocycles. The number of aliphatic imine (C=N–C) groups is 1. The highest BCUT2D eigenvalue weighted by Gasteiger charge is 2.35. The zero-order valence-electron chi connectivity index (χ0n) is 16.9. The first kappa shape index (κ1) is 23.2. The Morgan fingerprint density at radius 3 is 2.69 bits per heavy atom. The zero-order valence-corrected chi connectivity index (χ0v) is 16.9. The molecule has 10 heteroatoms. The number of hydrogen-bond donors (Lipinski definition) is 1. The predicted molar refractivity (Wildman–Crippen MR) is 103 cm³/mol. The van der Waals surface area contributed by atoms with E-state index in [1.165, 1.54) is 12.3 Å². The van der Waals surface area contributed by atoms with Gasteiger partial charge in [0.1, 0.15) is 12.2 Å². The highest BCUT2D eigenvalue weighted by atomic mass is 19.4. The Hall–Kier alpha value is -2.07. The van der Waals surface area contributed by atoms with Crippen molar-refractivity contribution in [1.29, 1.82) is 0 Å². The van der Waals surface area contributed by atoms with Crippen molar-refractivity contribution >= 4 is 5.96 Å². The van der Waals surface area contributed by atoms with Gasteiger partial charge in [-0.1, -0.05) is 0 Å². The van der Waals surface area contributed by atoms with Crippen molar-refractivity contribution in [3.05, 3.63) is 23.9 Å². The van der Waals surface area contributed by atoms with Crippen LogP contribution >= 0.6 is 0 Å². The largest absolute Gasteiger partial charge is 0.475 e. The van der Waals surface area contributed by atoms with E-state index in [1.807, 2.05) is 0 Å². The number of alkyl halides is 3. The van der Waals surface area contributed by atoms with Crippen LogP contribution in [0.15, 0.2) is 23.3 Å². The second-order valence-electron chi connectivity index (χ2n) is 6.58. The molecule has 2 rings (SSSR count). The van der Waals surface area contributed by atoms with E-state index in [0.717, 1.165) is 38.4 Å². The fourth-order valence-corrected chi connectivity index (χ4v) is 3.05. The number of rotatable bonds is 9. The standard InChI is InChI=1S/C19H29F3N4O3/c1-23-18(26-10-6-15(7-11-26)28-13-4-12-27-2)25-9-14-29-17-16(19(20,21)22)5-3-8-24-17/h3,5,8,15H,4,6-7,9-14H2,1-2H3,(H,23,25). The summed E-state index contributed by atoms with van der Waals surface area (Å²) in [5, 5.41) is 3.13. The van der Waals surface area contributed by atoms with Gasteiger partial charge in [-0.3, -0.25) is 4.99 Å². The van der Waals surface area contributed by atoms with Crippen LogP contribution in [0.1, 0.15) is 24.8 Å². The second-order valence-corrected chi connectivity index (χ2v) is 6.58.